The molecule has 0 aliphatic heterocycles. The van der Waals surface area contributed by atoms with Crippen LogP contribution in [0, 0.1) is 11.3 Å². The first-order valence-electron chi connectivity index (χ1n) is 12.3. The van der Waals surface area contributed by atoms with Gasteiger partial charge in [0.1, 0.15) is 5.78 Å². The number of carbonyl (C=O) groups is 3. The van der Waals surface area contributed by atoms with Crippen molar-refractivity contribution in [3.8, 4) is 0 Å². The van der Waals surface area contributed by atoms with Gasteiger partial charge in [0.15, 0.2) is 5.78 Å². The predicted molar refractivity (Wildman–Crippen MR) is 144 cm³/mol. The molecule has 2 N–H and O–H groups in total. The second kappa shape index (κ2) is 18.6. The SMILES string of the molecule is CC(C)C(C)(C)C(=O)CCC(=O)NCCCOCCOCCOCCCNC(C)(C)C(=O)CI. The molecule has 9 heteroatoms. The van der Waals surface area contributed by atoms with Crippen molar-refractivity contribution in [3.63, 3.8) is 0 Å². The summed E-state index contributed by atoms with van der Waals surface area (Å²) in [5, 5.41) is 6.09. The van der Waals surface area contributed by atoms with Gasteiger partial charge in [0.25, 0.3) is 0 Å². The van der Waals surface area contributed by atoms with E-state index in [0.29, 0.717) is 57.0 Å². The lowest BCUT2D eigenvalue weighted by molar-refractivity contribution is -0.131. The second-order valence-electron chi connectivity index (χ2n) is 9.80. The minimum atomic E-state index is -0.485. The summed E-state index contributed by atoms with van der Waals surface area (Å²) in [6, 6.07) is 0. The van der Waals surface area contributed by atoms with Crippen LogP contribution in [0.25, 0.3) is 0 Å². The van der Waals surface area contributed by atoms with Crippen molar-refractivity contribution in [3.05, 3.63) is 0 Å². The average molecular weight is 599 g/mol. The molecule has 0 radical (unpaired) electrons. The summed E-state index contributed by atoms with van der Waals surface area (Å²) in [7, 11) is 0. The molecule has 8 nitrogen and oxygen atoms in total. The molecule has 34 heavy (non-hydrogen) atoms. The van der Waals surface area contributed by atoms with E-state index >= 15 is 0 Å². The molecule has 0 fully saturated rings. The molecule has 0 aromatic heterocycles. The van der Waals surface area contributed by atoms with Gasteiger partial charge in [-0.25, -0.2) is 0 Å². The fourth-order valence-electron chi connectivity index (χ4n) is 2.74. The lowest BCUT2D eigenvalue weighted by Crippen LogP contribution is -2.47. The summed E-state index contributed by atoms with van der Waals surface area (Å²) in [6.07, 6.45) is 2.07. The third-order valence-electron chi connectivity index (χ3n) is 6.12. The van der Waals surface area contributed by atoms with E-state index in [1.165, 1.54) is 0 Å². The molecule has 0 unspecified atom stereocenters. The predicted octanol–water partition coefficient (Wildman–Crippen LogP) is 3.34. The number of rotatable bonds is 22. The van der Waals surface area contributed by atoms with Gasteiger partial charge in [0, 0.05) is 38.0 Å². The highest BCUT2D eigenvalue weighted by atomic mass is 127. The van der Waals surface area contributed by atoms with Gasteiger partial charge in [-0.1, -0.05) is 50.3 Å². The Morgan fingerprint density at radius 2 is 1.26 bits per heavy atom. The largest absolute Gasteiger partial charge is 0.379 e. The van der Waals surface area contributed by atoms with Gasteiger partial charge in [0.05, 0.1) is 36.4 Å². The van der Waals surface area contributed by atoms with Crippen LogP contribution in [0.5, 0.6) is 0 Å². The van der Waals surface area contributed by atoms with Crippen LogP contribution in [-0.2, 0) is 28.6 Å². The fraction of sp³-hybridized carbons (Fsp3) is 0.880. The Bertz CT molecular complexity index is 596. The highest BCUT2D eigenvalue weighted by molar-refractivity contribution is 14.1. The number of halogens is 1. The van der Waals surface area contributed by atoms with Crippen LogP contribution in [0.1, 0.15) is 67.2 Å². The van der Waals surface area contributed by atoms with E-state index < -0.39 is 11.0 Å². The zero-order valence-electron chi connectivity index (χ0n) is 22.1. The van der Waals surface area contributed by atoms with Crippen LogP contribution in [0.3, 0.4) is 0 Å². The number of amides is 1. The van der Waals surface area contributed by atoms with Crippen molar-refractivity contribution in [2.45, 2.75) is 72.8 Å². The van der Waals surface area contributed by atoms with E-state index in [2.05, 4.69) is 33.2 Å². The molecule has 0 rings (SSSR count). The van der Waals surface area contributed by atoms with Gasteiger partial charge in [-0.3, -0.25) is 14.4 Å². The molecule has 0 spiro atoms. The summed E-state index contributed by atoms with van der Waals surface area (Å²) in [5.41, 5.74) is -0.880. The number of Topliss-reactive ketones (excluding diaryl/α,β-unsaturated/α-hetero) is 2. The molecule has 0 aromatic carbocycles. The van der Waals surface area contributed by atoms with Crippen molar-refractivity contribution in [2.24, 2.45) is 11.3 Å². The first-order chi connectivity index (χ1) is 15.9. The Balaban J connectivity index is 3.48. The first-order valence-corrected chi connectivity index (χ1v) is 13.8. The monoisotopic (exact) mass is 598 g/mol. The van der Waals surface area contributed by atoms with E-state index in [-0.39, 0.29) is 36.2 Å². The van der Waals surface area contributed by atoms with E-state index in [0.717, 1.165) is 13.0 Å². The number of hydrogen-bond donors (Lipinski definition) is 2. The fourth-order valence-corrected chi connectivity index (χ4v) is 3.70. The smallest absolute Gasteiger partial charge is 0.220 e. The number of ether oxygens (including phenoxy) is 3. The Labute approximate surface area is 220 Å². The zero-order valence-corrected chi connectivity index (χ0v) is 24.3. The Hall–Kier alpha value is -0.620. The van der Waals surface area contributed by atoms with Crippen molar-refractivity contribution in [1.82, 2.24) is 10.6 Å². The molecule has 1 amide bonds. The summed E-state index contributed by atoms with van der Waals surface area (Å²) >= 11 is 2.09. The van der Waals surface area contributed by atoms with E-state index in [1.807, 2.05) is 41.5 Å². The van der Waals surface area contributed by atoms with E-state index in [4.69, 9.17) is 14.2 Å². The number of nitrogens with one attached hydrogen (secondary N) is 2. The van der Waals surface area contributed by atoms with E-state index in [9.17, 15) is 14.4 Å². The summed E-state index contributed by atoms with van der Waals surface area (Å²) in [4.78, 5) is 35.9. The molecule has 0 aliphatic rings. The lowest BCUT2D eigenvalue weighted by atomic mass is 9.76. The minimum Gasteiger partial charge on any atom is -0.379 e. The zero-order chi connectivity index (χ0) is 26.0. The average Bonchev–Trinajstić information content (AvgIpc) is 2.78. The van der Waals surface area contributed by atoms with Gasteiger partial charge in [-0.2, -0.15) is 0 Å². The van der Waals surface area contributed by atoms with Crippen molar-refractivity contribution in [2.75, 3.05) is 57.2 Å². The maximum absolute atomic E-state index is 12.2. The first kappa shape index (κ1) is 33.4. The molecule has 200 valence electrons. The van der Waals surface area contributed by atoms with Crippen molar-refractivity contribution in [1.29, 1.82) is 0 Å². The van der Waals surface area contributed by atoms with Gasteiger partial charge in [-0.15, -0.1) is 0 Å². The third kappa shape index (κ3) is 15.4. The summed E-state index contributed by atoms with van der Waals surface area (Å²) < 4.78 is 17.0. The molecule has 0 saturated heterocycles. The van der Waals surface area contributed by atoms with Crippen LogP contribution >= 0.6 is 22.6 Å². The summed E-state index contributed by atoms with van der Waals surface area (Å²) in [5.74, 6) is 0.488. The van der Waals surface area contributed by atoms with Crippen LogP contribution in [-0.4, -0.2) is 80.2 Å². The second-order valence-corrected chi connectivity index (χ2v) is 10.6. The number of alkyl halides is 1. The Morgan fingerprint density at radius 3 is 1.76 bits per heavy atom. The quantitative estimate of drug-likeness (QED) is 0.112. The van der Waals surface area contributed by atoms with Gasteiger partial charge in [0.2, 0.25) is 5.91 Å². The van der Waals surface area contributed by atoms with Gasteiger partial charge < -0.3 is 24.8 Å². The van der Waals surface area contributed by atoms with Crippen LogP contribution < -0.4 is 10.6 Å². The number of hydrogen-bond acceptors (Lipinski definition) is 7. The summed E-state index contributed by atoms with van der Waals surface area (Å²) in [6.45, 7) is 16.2. The number of carbonyl (C=O) groups excluding carboxylic acids is 3. The molecule has 0 bridgehead atoms. The topological polar surface area (TPSA) is 103 Å². The highest BCUT2D eigenvalue weighted by Gasteiger charge is 2.30. The lowest BCUT2D eigenvalue weighted by Gasteiger charge is -2.27. The maximum Gasteiger partial charge on any atom is 0.220 e. The van der Waals surface area contributed by atoms with Gasteiger partial charge in [-0.05, 0) is 39.2 Å². The third-order valence-corrected chi connectivity index (χ3v) is 6.82. The van der Waals surface area contributed by atoms with Crippen molar-refractivity contribution >= 4 is 40.1 Å². The molecule has 0 aliphatic carbocycles. The van der Waals surface area contributed by atoms with Crippen LogP contribution in [0.2, 0.25) is 0 Å². The normalized spacial score (nSPS) is 12.2. The molecule has 0 atom stereocenters. The maximum atomic E-state index is 12.2. The van der Waals surface area contributed by atoms with Crippen molar-refractivity contribution < 1.29 is 28.6 Å². The standard InChI is InChI=1S/C25H47IN2O6/c1-20(2)24(3,4)21(29)9-10-23(31)27-11-7-13-32-15-17-34-18-16-33-14-8-12-28-25(5,6)22(30)19-26/h20,28H,7-19H2,1-6H3,(H,27,31). The Kier molecular flexibility index (Phi) is 18.3. The van der Waals surface area contributed by atoms with Crippen LogP contribution in [0.4, 0.5) is 0 Å². The molecular formula is C25H47IN2O6. The molecule has 0 aromatic rings. The molecule has 0 saturated carbocycles. The highest BCUT2D eigenvalue weighted by Crippen LogP contribution is 2.28. The minimum absolute atomic E-state index is 0.0927. The van der Waals surface area contributed by atoms with E-state index in [1.54, 1.807) is 0 Å². The molecular weight excluding hydrogens is 551 g/mol. The van der Waals surface area contributed by atoms with Crippen LogP contribution in [0.15, 0.2) is 0 Å². The van der Waals surface area contributed by atoms with Gasteiger partial charge >= 0.3 is 0 Å². The number of ketones is 2. The molecule has 0 heterocycles. The Morgan fingerprint density at radius 1 is 0.765 bits per heavy atom.